The Morgan fingerprint density at radius 1 is 0.882 bits per heavy atom. The Labute approximate surface area is 96.1 Å². The Morgan fingerprint density at radius 2 is 1.59 bits per heavy atom. The largest absolute Gasteiger partial charge is 0.507 e. The fraction of sp³-hybridized carbons (Fsp3) is 0.0769. The van der Waals surface area contributed by atoms with Crippen molar-refractivity contribution < 1.29 is 18.3 Å². The van der Waals surface area contributed by atoms with Gasteiger partial charge in [0.25, 0.3) is 0 Å². The average molecular weight is 238 g/mol. The summed E-state index contributed by atoms with van der Waals surface area (Å²) in [7, 11) is 0. The zero-order valence-electron chi connectivity index (χ0n) is 8.97. The van der Waals surface area contributed by atoms with Crippen LogP contribution < -0.4 is 0 Å². The number of phenols is 1. The minimum absolute atomic E-state index is 0.140. The van der Waals surface area contributed by atoms with E-state index in [1.165, 1.54) is 12.1 Å². The lowest BCUT2D eigenvalue weighted by Crippen LogP contribution is -1.94. The van der Waals surface area contributed by atoms with Crippen LogP contribution in [-0.4, -0.2) is 5.11 Å². The number of aromatic hydroxyl groups is 1. The molecule has 0 bridgehead atoms. The number of phenolic OH excluding ortho intramolecular Hbond substituents is 1. The number of rotatable bonds is 1. The summed E-state index contributed by atoms with van der Waals surface area (Å²) in [6.45, 7) is 1.75. The third-order valence-corrected chi connectivity index (χ3v) is 2.48. The number of benzene rings is 2. The highest BCUT2D eigenvalue weighted by Crippen LogP contribution is 2.33. The summed E-state index contributed by atoms with van der Waals surface area (Å²) in [4.78, 5) is 0. The number of aryl methyl sites for hydroxylation is 1. The van der Waals surface area contributed by atoms with Crippen molar-refractivity contribution >= 4 is 0 Å². The molecule has 0 saturated heterocycles. The van der Waals surface area contributed by atoms with Crippen molar-refractivity contribution in [3.8, 4) is 16.9 Å². The van der Waals surface area contributed by atoms with Gasteiger partial charge < -0.3 is 5.11 Å². The van der Waals surface area contributed by atoms with Gasteiger partial charge in [-0.05, 0) is 31.2 Å². The highest BCUT2D eigenvalue weighted by molar-refractivity contribution is 5.71. The molecule has 0 saturated carbocycles. The van der Waals surface area contributed by atoms with Gasteiger partial charge in [0, 0.05) is 11.1 Å². The Hall–Kier alpha value is -1.97. The van der Waals surface area contributed by atoms with Gasteiger partial charge in [-0.3, -0.25) is 0 Å². The molecular formula is C13H9F3O. The van der Waals surface area contributed by atoms with Crippen molar-refractivity contribution in [3.63, 3.8) is 0 Å². The van der Waals surface area contributed by atoms with Crippen molar-refractivity contribution in [2.24, 2.45) is 0 Å². The molecule has 0 aliphatic heterocycles. The van der Waals surface area contributed by atoms with Crippen LogP contribution in [-0.2, 0) is 0 Å². The van der Waals surface area contributed by atoms with Crippen LogP contribution in [0.5, 0.6) is 5.75 Å². The molecule has 2 aromatic carbocycles. The van der Waals surface area contributed by atoms with Gasteiger partial charge in [0.1, 0.15) is 5.75 Å². The normalized spacial score (nSPS) is 10.6. The number of hydrogen-bond acceptors (Lipinski definition) is 1. The lowest BCUT2D eigenvalue weighted by Gasteiger charge is -2.08. The van der Waals surface area contributed by atoms with Crippen LogP contribution in [0.3, 0.4) is 0 Å². The summed E-state index contributed by atoms with van der Waals surface area (Å²) < 4.78 is 39.4. The van der Waals surface area contributed by atoms with Gasteiger partial charge in [0.2, 0.25) is 0 Å². The van der Waals surface area contributed by atoms with E-state index in [4.69, 9.17) is 0 Å². The van der Waals surface area contributed by atoms with Crippen LogP contribution in [0.1, 0.15) is 5.56 Å². The number of hydrogen-bond donors (Lipinski definition) is 1. The molecule has 1 nitrogen and oxygen atoms in total. The zero-order valence-corrected chi connectivity index (χ0v) is 8.97. The van der Waals surface area contributed by atoms with Crippen molar-refractivity contribution in [1.29, 1.82) is 0 Å². The van der Waals surface area contributed by atoms with E-state index >= 15 is 0 Å². The van der Waals surface area contributed by atoms with Gasteiger partial charge in [0.05, 0.1) is 0 Å². The van der Waals surface area contributed by atoms with E-state index in [1.54, 1.807) is 13.0 Å². The van der Waals surface area contributed by atoms with Gasteiger partial charge >= 0.3 is 0 Å². The Balaban J connectivity index is 2.69. The second kappa shape index (κ2) is 4.13. The Morgan fingerprint density at radius 3 is 2.29 bits per heavy atom. The van der Waals surface area contributed by atoms with Crippen LogP contribution >= 0.6 is 0 Å². The minimum Gasteiger partial charge on any atom is -0.507 e. The third-order valence-electron chi connectivity index (χ3n) is 2.48. The first-order chi connectivity index (χ1) is 8.00. The average Bonchev–Trinajstić information content (AvgIpc) is 2.30. The van der Waals surface area contributed by atoms with Gasteiger partial charge in [-0.25, -0.2) is 13.2 Å². The molecule has 0 aromatic heterocycles. The van der Waals surface area contributed by atoms with Gasteiger partial charge in [-0.15, -0.1) is 0 Å². The van der Waals surface area contributed by atoms with E-state index in [0.29, 0.717) is 0 Å². The molecule has 0 radical (unpaired) electrons. The first kappa shape index (κ1) is 11.5. The van der Waals surface area contributed by atoms with E-state index < -0.39 is 17.5 Å². The molecule has 0 aliphatic rings. The minimum atomic E-state index is -1.54. The maximum absolute atomic E-state index is 13.5. The fourth-order valence-electron chi connectivity index (χ4n) is 1.60. The van der Waals surface area contributed by atoms with E-state index in [2.05, 4.69) is 0 Å². The zero-order chi connectivity index (χ0) is 12.6. The smallest absolute Gasteiger partial charge is 0.195 e. The van der Waals surface area contributed by atoms with Gasteiger partial charge in [0.15, 0.2) is 17.5 Å². The topological polar surface area (TPSA) is 20.2 Å². The molecule has 0 unspecified atom stereocenters. The molecule has 0 atom stereocenters. The predicted octanol–water partition coefficient (Wildman–Crippen LogP) is 3.78. The maximum Gasteiger partial charge on any atom is 0.195 e. The molecule has 88 valence electrons. The molecule has 0 aliphatic carbocycles. The molecule has 17 heavy (non-hydrogen) atoms. The molecule has 1 N–H and O–H groups in total. The van der Waals surface area contributed by atoms with Crippen molar-refractivity contribution in [3.05, 3.63) is 53.3 Å². The lowest BCUT2D eigenvalue weighted by atomic mass is 10.0. The van der Waals surface area contributed by atoms with E-state index in [-0.39, 0.29) is 16.9 Å². The molecule has 0 amide bonds. The summed E-state index contributed by atoms with van der Waals surface area (Å²) in [5.74, 6) is -4.27. The fourth-order valence-corrected chi connectivity index (χ4v) is 1.60. The molecular weight excluding hydrogens is 229 g/mol. The highest BCUT2D eigenvalue weighted by atomic mass is 19.2. The molecule has 4 heteroatoms. The van der Waals surface area contributed by atoms with Crippen LogP contribution in [0.15, 0.2) is 30.3 Å². The molecule has 2 aromatic rings. The first-order valence-corrected chi connectivity index (χ1v) is 4.94. The predicted molar refractivity (Wildman–Crippen MR) is 58.2 cm³/mol. The summed E-state index contributed by atoms with van der Waals surface area (Å²) in [5, 5.41) is 9.59. The summed E-state index contributed by atoms with van der Waals surface area (Å²) in [6, 6.07) is 6.45. The first-order valence-electron chi connectivity index (χ1n) is 4.94. The standard InChI is InChI=1S/C13H9F3O/c1-7-2-5-11(17)9(6-7)8-3-4-10(14)13(16)12(8)15/h2-6,17H,1H3. The van der Waals surface area contributed by atoms with E-state index in [0.717, 1.165) is 17.7 Å². The van der Waals surface area contributed by atoms with E-state index in [9.17, 15) is 18.3 Å². The van der Waals surface area contributed by atoms with Crippen LogP contribution in [0.2, 0.25) is 0 Å². The highest BCUT2D eigenvalue weighted by Gasteiger charge is 2.16. The van der Waals surface area contributed by atoms with Crippen molar-refractivity contribution in [1.82, 2.24) is 0 Å². The molecule has 0 heterocycles. The SMILES string of the molecule is Cc1ccc(O)c(-c2ccc(F)c(F)c2F)c1. The quantitative estimate of drug-likeness (QED) is 0.749. The van der Waals surface area contributed by atoms with Crippen LogP contribution in [0, 0.1) is 24.4 Å². The van der Waals surface area contributed by atoms with Gasteiger partial charge in [-0.1, -0.05) is 11.6 Å². The monoisotopic (exact) mass is 238 g/mol. The van der Waals surface area contributed by atoms with Crippen LogP contribution in [0.25, 0.3) is 11.1 Å². The Bertz CT molecular complexity index is 579. The van der Waals surface area contributed by atoms with Crippen molar-refractivity contribution in [2.45, 2.75) is 6.92 Å². The lowest BCUT2D eigenvalue weighted by molar-refractivity contribution is 0.447. The summed E-state index contributed by atoms with van der Waals surface area (Å²) in [5.41, 5.74) is 0.758. The molecule has 0 spiro atoms. The second-order valence-corrected chi connectivity index (χ2v) is 3.74. The van der Waals surface area contributed by atoms with Crippen molar-refractivity contribution in [2.75, 3.05) is 0 Å². The van der Waals surface area contributed by atoms with E-state index in [1.807, 2.05) is 0 Å². The summed E-state index contributed by atoms with van der Waals surface area (Å²) in [6.07, 6.45) is 0. The maximum atomic E-state index is 13.5. The number of halogens is 3. The van der Waals surface area contributed by atoms with Gasteiger partial charge in [-0.2, -0.15) is 0 Å². The molecule has 2 rings (SSSR count). The second-order valence-electron chi connectivity index (χ2n) is 3.74. The Kier molecular flexibility index (Phi) is 2.79. The van der Waals surface area contributed by atoms with Crippen LogP contribution in [0.4, 0.5) is 13.2 Å². The molecule has 0 fully saturated rings. The summed E-state index contributed by atoms with van der Waals surface area (Å²) >= 11 is 0. The third kappa shape index (κ3) is 1.98.